The number of methoxy groups -OCH3 is 2. The number of benzene rings is 1. The lowest BCUT2D eigenvalue weighted by atomic mass is 10.1. The third-order valence-corrected chi connectivity index (χ3v) is 2.25. The maximum absolute atomic E-state index is 11.3. The summed E-state index contributed by atoms with van der Waals surface area (Å²) < 4.78 is 9.57. The van der Waals surface area contributed by atoms with Crippen molar-refractivity contribution >= 4 is 5.97 Å². The second-order valence-corrected chi connectivity index (χ2v) is 3.30. The van der Waals surface area contributed by atoms with Crippen LogP contribution < -0.4 is 4.74 Å². The lowest BCUT2D eigenvalue weighted by molar-refractivity contribution is -0.142. The Labute approximate surface area is 98.8 Å². The van der Waals surface area contributed by atoms with Crippen molar-refractivity contribution in [3.05, 3.63) is 40.3 Å². The number of carbonyl (C=O) groups is 1. The SMILES string of the molecule is COC(=O)C(Cc1ccc(OC)cc1)N=[N+]=[N-]. The van der Waals surface area contributed by atoms with E-state index in [-0.39, 0.29) is 0 Å². The van der Waals surface area contributed by atoms with Gasteiger partial charge in [0.05, 0.1) is 14.2 Å². The molecule has 0 aliphatic heterocycles. The van der Waals surface area contributed by atoms with Gasteiger partial charge in [0.1, 0.15) is 11.8 Å². The van der Waals surface area contributed by atoms with Gasteiger partial charge in [-0.3, -0.25) is 4.79 Å². The van der Waals surface area contributed by atoms with Crippen molar-refractivity contribution in [3.8, 4) is 5.75 Å². The predicted octanol–water partition coefficient (Wildman–Crippen LogP) is 2.09. The molecular formula is C11H13N3O3. The second-order valence-electron chi connectivity index (χ2n) is 3.30. The van der Waals surface area contributed by atoms with Crippen LogP contribution in [0, 0.1) is 0 Å². The molecule has 0 saturated carbocycles. The van der Waals surface area contributed by atoms with E-state index in [0.717, 1.165) is 11.3 Å². The van der Waals surface area contributed by atoms with E-state index in [1.54, 1.807) is 19.2 Å². The van der Waals surface area contributed by atoms with Crippen molar-refractivity contribution in [2.75, 3.05) is 14.2 Å². The standard InChI is InChI=1S/C11H13N3O3/c1-16-9-5-3-8(4-6-9)7-10(13-14-12)11(15)17-2/h3-6,10H,7H2,1-2H3. The molecule has 0 spiro atoms. The Kier molecular flexibility index (Phi) is 4.84. The number of ether oxygens (including phenoxy) is 2. The monoisotopic (exact) mass is 235 g/mol. The van der Waals surface area contributed by atoms with Crippen LogP contribution in [0.1, 0.15) is 5.56 Å². The van der Waals surface area contributed by atoms with Crippen LogP contribution in [0.4, 0.5) is 0 Å². The van der Waals surface area contributed by atoms with Gasteiger partial charge in [0.25, 0.3) is 0 Å². The maximum atomic E-state index is 11.3. The van der Waals surface area contributed by atoms with E-state index >= 15 is 0 Å². The van der Waals surface area contributed by atoms with Gasteiger partial charge in [0, 0.05) is 4.91 Å². The third kappa shape index (κ3) is 3.70. The predicted molar refractivity (Wildman–Crippen MR) is 61.6 cm³/mol. The minimum absolute atomic E-state index is 0.306. The molecule has 0 bridgehead atoms. The summed E-state index contributed by atoms with van der Waals surface area (Å²) in [4.78, 5) is 14.0. The average Bonchev–Trinajstić information content (AvgIpc) is 2.38. The van der Waals surface area contributed by atoms with Gasteiger partial charge in [-0.1, -0.05) is 17.2 Å². The first-order valence-electron chi connectivity index (χ1n) is 4.96. The van der Waals surface area contributed by atoms with E-state index < -0.39 is 12.0 Å². The molecule has 0 heterocycles. The van der Waals surface area contributed by atoms with Gasteiger partial charge < -0.3 is 9.47 Å². The molecule has 1 atom stereocenters. The highest BCUT2D eigenvalue weighted by molar-refractivity contribution is 5.76. The molecule has 0 fully saturated rings. The zero-order valence-corrected chi connectivity index (χ0v) is 9.66. The summed E-state index contributed by atoms with van der Waals surface area (Å²) in [7, 11) is 2.84. The fraction of sp³-hybridized carbons (Fsp3) is 0.364. The summed E-state index contributed by atoms with van der Waals surface area (Å²) in [5, 5.41) is 3.41. The fourth-order valence-electron chi connectivity index (χ4n) is 1.35. The summed E-state index contributed by atoms with van der Waals surface area (Å²) >= 11 is 0. The highest BCUT2D eigenvalue weighted by Crippen LogP contribution is 2.14. The highest BCUT2D eigenvalue weighted by atomic mass is 16.5. The third-order valence-electron chi connectivity index (χ3n) is 2.25. The van der Waals surface area contributed by atoms with E-state index in [4.69, 9.17) is 10.3 Å². The van der Waals surface area contributed by atoms with Gasteiger partial charge in [-0.05, 0) is 29.6 Å². The van der Waals surface area contributed by atoms with Gasteiger partial charge in [0.15, 0.2) is 0 Å². The molecule has 1 rings (SSSR count). The molecule has 1 unspecified atom stereocenters. The van der Waals surface area contributed by atoms with Gasteiger partial charge in [-0.25, -0.2) is 0 Å². The van der Waals surface area contributed by atoms with Crippen LogP contribution in [-0.2, 0) is 16.0 Å². The molecule has 0 aromatic heterocycles. The van der Waals surface area contributed by atoms with Crippen molar-refractivity contribution in [3.63, 3.8) is 0 Å². The van der Waals surface area contributed by atoms with Gasteiger partial charge in [-0.2, -0.15) is 0 Å². The number of nitrogens with zero attached hydrogens (tertiary/aromatic N) is 3. The molecule has 0 aliphatic rings. The first-order chi connectivity index (χ1) is 8.21. The van der Waals surface area contributed by atoms with Crippen molar-refractivity contribution in [2.24, 2.45) is 5.11 Å². The van der Waals surface area contributed by atoms with E-state index in [1.165, 1.54) is 7.11 Å². The molecule has 0 radical (unpaired) electrons. The Bertz CT molecular complexity index is 424. The molecule has 6 nitrogen and oxygen atoms in total. The summed E-state index contributed by atoms with van der Waals surface area (Å²) in [5.41, 5.74) is 9.24. The van der Waals surface area contributed by atoms with Crippen molar-refractivity contribution in [1.82, 2.24) is 0 Å². The molecule has 90 valence electrons. The Hall–Kier alpha value is -2.20. The molecule has 1 aromatic rings. The van der Waals surface area contributed by atoms with Gasteiger partial charge in [0.2, 0.25) is 0 Å². The number of esters is 1. The van der Waals surface area contributed by atoms with Crippen LogP contribution in [0.25, 0.3) is 10.4 Å². The number of azide groups is 1. The Morgan fingerprint density at radius 2 is 2.06 bits per heavy atom. The minimum Gasteiger partial charge on any atom is -0.497 e. The maximum Gasteiger partial charge on any atom is 0.314 e. The van der Waals surface area contributed by atoms with Crippen LogP contribution in [0.3, 0.4) is 0 Å². The first kappa shape index (κ1) is 12.9. The molecule has 0 N–H and O–H groups in total. The molecule has 0 saturated heterocycles. The normalized spacial score (nSPS) is 11.2. The molecule has 1 aromatic carbocycles. The number of rotatable bonds is 5. The first-order valence-corrected chi connectivity index (χ1v) is 4.96. The lowest BCUT2D eigenvalue weighted by Gasteiger charge is -2.09. The molecular weight excluding hydrogens is 222 g/mol. The molecule has 0 aliphatic carbocycles. The van der Waals surface area contributed by atoms with E-state index in [2.05, 4.69) is 14.8 Å². The molecule has 0 amide bonds. The summed E-state index contributed by atoms with van der Waals surface area (Å²) in [6, 6.07) is 6.33. The van der Waals surface area contributed by atoms with Crippen molar-refractivity contribution in [2.45, 2.75) is 12.5 Å². The van der Waals surface area contributed by atoms with Gasteiger partial charge >= 0.3 is 5.97 Å². The fourth-order valence-corrected chi connectivity index (χ4v) is 1.35. The van der Waals surface area contributed by atoms with Crippen LogP contribution in [0.15, 0.2) is 29.4 Å². The minimum atomic E-state index is -0.835. The van der Waals surface area contributed by atoms with Crippen molar-refractivity contribution < 1.29 is 14.3 Å². The Balaban J connectivity index is 2.78. The lowest BCUT2D eigenvalue weighted by Crippen LogP contribution is -2.22. The second kappa shape index (κ2) is 6.40. The van der Waals surface area contributed by atoms with Gasteiger partial charge in [-0.15, -0.1) is 0 Å². The average molecular weight is 235 g/mol. The molecule has 6 heteroatoms. The number of carbonyl (C=O) groups excluding carboxylic acids is 1. The number of hydrogen-bond donors (Lipinski definition) is 0. The van der Waals surface area contributed by atoms with Crippen LogP contribution >= 0.6 is 0 Å². The summed E-state index contributed by atoms with van der Waals surface area (Å²) in [5.74, 6) is 0.186. The quantitative estimate of drug-likeness (QED) is 0.339. The van der Waals surface area contributed by atoms with Crippen LogP contribution in [0.2, 0.25) is 0 Å². The zero-order valence-electron chi connectivity index (χ0n) is 9.66. The molecule has 17 heavy (non-hydrogen) atoms. The largest absolute Gasteiger partial charge is 0.497 e. The Morgan fingerprint density at radius 3 is 2.53 bits per heavy atom. The van der Waals surface area contributed by atoms with E-state index in [0.29, 0.717) is 6.42 Å². The topological polar surface area (TPSA) is 84.3 Å². The summed E-state index contributed by atoms with van der Waals surface area (Å²) in [6.07, 6.45) is 0.306. The zero-order chi connectivity index (χ0) is 12.7. The highest BCUT2D eigenvalue weighted by Gasteiger charge is 2.17. The van der Waals surface area contributed by atoms with E-state index in [9.17, 15) is 4.79 Å². The van der Waals surface area contributed by atoms with Crippen molar-refractivity contribution in [1.29, 1.82) is 0 Å². The number of hydrogen-bond acceptors (Lipinski definition) is 4. The van der Waals surface area contributed by atoms with Crippen LogP contribution in [-0.4, -0.2) is 26.2 Å². The van der Waals surface area contributed by atoms with Crippen LogP contribution in [0.5, 0.6) is 5.75 Å². The van der Waals surface area contributed by atoms with E-state index in [1.807, 2.05) is 12.1 Å². The summed E-state index contributed by atoms with van der Waals surface area (Å²) in [6.45, 7) is 0. The smallest absolute Gasteiger partial charge is 0.314 e. The Morgan fingerprint density at radius 1 is 1.41 bits per heavy atom.